The molecule has 4 saturated heterocycles. The lowest BCUT2D eigenvalue weighted by Crippen LogP contribution is -2.66. The second-order valence-electron chi connectivity index (χ2n) is 12.5. The number of methoxy groups -OCH3 is 1. The zero-order chi connectivity index (χ0) is 32.9. The minimum absolute atomic E-state index is 0.0136. The van der Waals surface area contributed by atoms with Crippen molar-refractivity contribution in [2.24, 2.45) is 0 Å². The van der Waals surface area contributed by atoms with Crippen molar-refractivity contribution in [3.63, 3.8) is 0 Å². The molecule has 0 spiro atoms. The highest BCUT2D eigenvalue weighted by atomic mass is 32.1. The molecular weight excluding hydrogens is 655 g/mol. The summed E-state index contributed by atoms with van der Waals surface area (Å²) in [5.41, 5.74) is -3.20. The number of carbonyl (C=O) groups excluding carboxylic acids is 2. The van der Waals surface area contributed by atoms with Crippen molar-refractivity contribution in [1.82, 2.24) is 10.3 Å². The number of nitrogens with zero attached hydrogens (tertiary/aromatic N) is 2. The number of anilines is 2. The van der Waals surface area contributed by atoms with Gasteiger partial charge in [-0.3, -0.25) is 9.59 Å². The molecule has 3 aromatic rings. The fraction of sp³-hybridized carbons (Fsp3) is 0.500. The summed E-state index contributed by atoms with van der Waals surface area (Å²) in [5.74, 6) is -2.22. The summed E-state index contributed by atoms with van der Waals surface area (Å²) in [7, 11) is 1.39. The first-order chi connectivity index (χ1) is 22.3. The second kappa shape index (κ2) is 10.3. The van der Waals surface area contributed by atoms with E-state index in [-0.39, 0.29) is 66.9 Å². The molecule has 1 aliphatic carbocycles. The number of amides is 2. The SMILES string of the molecule is COc1ccc2nc(N3C4COCC3C4)sc2c1C(=O)Nc1cc2c(cc1C(=O)NC13CCC(C(F)(F)F)(CC1)OC3)OC(F)(F)O2. The lowest BCUT2D eigenvalue weighted by molar-refractivity contribution is -0.317. The lowest BCUT2D eigenvalue weighted by atomic mass is 9.70. The Labute approximate surface area is 267 Å². The van der Waals surface area contributed by atoms with Crippen LogP contribution in [0.3, 0.4) is 0 Å². The molecule has 5 aliphatic heterocycles. The maximum absolute atomic E-state index is 14.0. The fourth-order valence-corrected chi connectivity index (χ4v) is 8.36. The van der Waals surface area contributed by atoms with Gasteiger partial charge in [0.2, 0.25) is 0 Å². The van der Waals surface area contributed by atoms with Crippen molar-refractivity contribution < 1.29 is 55.2 Å². The van der Waals surface area contributed by atoms with E-state index in [0.29, 0.717) is 28.6 Å². The predicted molar refractivity (Wildman–Crippen MR) is 156 cm³/mol. The molecule has 250 valence electrons. The Bertz CT molecular complexity index is 1780. The molecule has 6 heterocycles. The van der Waals surface area contributed by atoms with Crippen molar-refractivity contribution >= 4 is 44.2 Å². The van der Waals surface area contributed by atoms with Crippen LogP contribution in [0.15, 0.2) is 24.3 Å². The second-order valence-corrected chi connectivity index (χ2v) is 13.4. The summed E-state index contributed by atoms with van der Waals surface area (Å²) in [4.78, 5) is 34.6. The molecular formula is C30H27F5N4O7S. The van der Waals surface area contributed by atoms with Crippen molar-refractivity contribution in [3.8, 4) is 17.2 Å². The van der Waals surface area contributed by atoms with Crippen LogP contribution in [0.1, 0.15) is 52.8 Å². The van der Waals surface area contributed by atoms with E-state index in [1.807, 2.05) is 0 Å². The van der Waals surface area contributed by atoms with Crippen LogP contribution in [0, 0.1) is 0 Å². The molecule has 2 unspecified atom stereocenters. The molecule has 2 aromatic carbocycles. The number of alkyl halides is 5. The van der Waals surface area contributed by atoms with Crippen LogP contribution in [0.5, 0.6) is 17.2 Å². The highest BCUT2D eigenvalue weighted by Crippen LogP contribution is 2.52. The molecule has 0 radical (unpaired) electrons. The van der Waals surface area contributed by atoms with Gasteiger partial charge in [0, 0.05) is 6.07 Å². The van der Waals surface area contributed by atoms with Crippen LogP contribution in [-0.4, -0.2) is 79.4 Å². The monoisotopic (exact) mass is 682 g/mol. The van der Waals surface area contributed by atoms with Crippen molar-refractivity contribution in [1.29, 1.82) is 0 Å². The van der Waals surface area contributed by atoms with E-state index in [2.05, 4.69) is 25.0 Å². The maximum Gasteiger partial charge on any atom is 0.586 e. The van der Waals surface area contributed by atoms with E-state index < -0.39 is 46.9 Å². The summed E-state index contributed by atoms with van der Waals surface area (Å²) in [6.07, 6.45) is -8.32. The Morgan fingerprint density at radius 3 is 2.36 bits per heavy atom. The zero-order valence-corrected chi connectivity index (χ0v) is 25.5. The summed E-state index contributed by atoms with van der Waals surface area (Å²) >= 11 is 1.30. The van der Waals surface area contributed by atoms with Crippen LogP contribution in [0.4, 0.5) is 32.8 Å². The third kappa shape index (κ3) is 4.84. The third-order valence-corrected chi connectivity index (χ3v) is 10.8. The number of halogens is 5. The van der Waals surface area contributed by atoms with Crippen LogP contribution < -0.4 is 29.7 Å². The number of aromatic nitrogens is 1. The van der Waals surface area contributed by atoms with Gasteiger partial charge in [-0.25, -0.2) is 4.98 Å². The van der Waals surface area contributed by atoms with Gasteiger partial charge in [-0.2, -0.15) is 13.2 Å². The predicted octanol–water partition coefficient (Wildman–Crippen LogP) is 5.23. The topological polar surface area (TPSA) is 120 Å². The van der Waals surface area contributed by atoms with Gasteiger partial charge in [0.05, 0.1) is 66.0 Å². The molecule has 2 N–H and O–H groups in total. The van der Waals surface area contributed by atoms with Crippen LogP contribution >= 0.6 is 11.3 Å². The number of carbonyl (C=O) groups is 2. The minimum Gasteiger partial charge on any atom is -0.496 e. The number of benzene rings is 2. The number of ether oxygens (including phenoxy) is 5. The summed E-state index contributed by atoms with van der Waals surface area (Å²) in [6, 6.07) is 5.72. The largest absolute Gasteiger partial charge is 0.586 e. The van der Waals surface area contributed by atoms with Gasteiger partial charge in [-0.1, -0.05) is 11.3 Å². The number of fused-ring (bicyclic) bond motifs is 7. The van der Waals surface area contributed by atoms with Gasteiger partial charge in [-0.05, 0) is 50.3 Å². The molecule has 17 heteroatoms. The third-order valence-electron chi connectivity index (χ3n) is 9.70. The molecule has 9 rings (SSSR count). The van der Waals surface area contributed by atoms with E-state index in [1.54, 1.807) is 12.1 Å². The zero-order valence-electron chi connectivity index (χ0n) is 24.7. The number of hydrogen-bond acceptors (Lipinski definition) is 10. The van der Waals surface area contributed by atoms with Gasteiger partial charge in [0.1, 0.15) is 11.3 Å². The van der Waals surface area contributed by atoms with E-state index >= 15 is 0 Å². The van der Waals surface area contributed by atoms with Gasteiger partial charge in [0.25, 0.3) is 11.8 Å². The maximum atomic E-state index is 14.0. The molecule has 5 fully saturated rings. The smallest absolute Gasteiger partial charge is 0.496 e. The number of rotatable bonds is 6. The molecule has 1 aromatic heterocycles. The quantitative estimate of drug-likeness (QED) is 0.337. The Morgan fingerprint density at radius 2 is 1.74 bits per heavy atom. The minimum atomic E-state index is -4.56. The summed E-state index contributed by atoms with van der Waals surface area (Å²) < 4.78 is 95.1. The van der Waals surface area contributed by atoms with Gasteiger partial charge in [0.15, 0.2) is 22.2 Å². The van der Waals surface area contributed by atoms with Crippen LogP contribution in [0.2, 0.25) is 0 Å². The van der Waals surface area contributed by atoms with Crippen molar-refractivity contribution in [2.45, 2.75) is 67.8 Å². The highest BCUT2D eigenvalue weighted by molar-refractivity contribution is 7.22. The average molecular weight is 683 g/mol. The first-order valence-electron chi connectivity index (χ1n) is 14.9. The van der Waals surface area contributed by atoms with Crippen molar-refractivity contribution in [3.05, 3.63) is 35.4 Å². The summed E-state index contributed by atoms with van der Waals surface area (Å²) in [6.45, 7) is 0.766. The van der Waals surface area contributed by atoms with Crippen LogP contribution in [0.25, 0.3) is 10.2 Å². The van der Waals surface area contributed by atoms with Crippen molar-refractivity contribution in [2.75, 3.05) is 37.1 Å². The van der Waals surface area contributed by atoms with E-state index in [0.717, 1.165) is 18.6 Å². The number of morpholine rings is 1. The van der Waals surface area contributed by atoms with E-state index in [4.69, 9.17) is 19.2 Å². The number of thiazole rings is 1. The molecule has 47 heavy (non-hydrogen) atoms. The van der Waals surface area contributed by atoms with Gasteiger partial charge < -0.3 is 39.2 Å². The first-order valence-corrected chi connectivity index (χ1v) is 15.7. The molecule has 6 aliphatic rings. The summed E-state index contributed by atoms with van der Waals surface area (Å²) in [5, 5.41) is 6.12. The normalized spacial score (nSPS) is 28.6. The first kappa shape index (κ1) is 30.4. The number of nitrogens with one attached hydrogen (secondary N) is 2. The average Bonchev–Trinajstić information content (AvgIpc) is 3.58. The molecule has 1 saturated carbocycles. The van der Waals surface area contributed by atoms with Gasteiger partial charge in [-0.15, -0.1) is 8.78 Å². The molecule has 2 atom stereocenters. The Morgan fingerprint density at radius 1 is 1.04 bits per heavy atom. The van der Waals surface area contributed by atoms with E-state index in [1.165, 1.54) is 18.4 Å². The van der Waals surface area contributed by atoms with E-state index in [9.17, 15) is 31.5 Å². The Kier molecular flexibility index (Phi) is 6.64. The van der Waals surface area contributed by atoms with Gasteiger partial charge >= 0.3 is 12.5 Å². The Hall–Kier alpha value is -3.96. The fourth-order valence-electron chi connectivity index (χ4n) is 7.11. The van der Waals surface area contributed by atoms with Crippen LogP contribution in [-0.2, 0) is 9.47 Å². The highest BCUT2D eigenvalue weighted by Gasteiger charge is 2.63. The Balaban J connectivity index is 1.11. The molecule has 11 nitrogen and oxygen atoms in total. The molecule has 2 amide bonds. The molecule has 4 bridgehead atoms. The lowest BCUT2D eigenvalue weighted by Gasteiger charge is -2.53. The standard InChI is InChI=1S/C30H27F5N4O7S/c1-42-19-3-2-17-23(47-26(37-17)39-14-8-15(39)12-43-11-14)22(19)25(41)36-18-10-21-20(45-30(34,35)46-21)9-16(18)24(40)38-27-4-6-28(7-5-27,44-13-27)29(31,32)33/h2-3,9-10,14-15H,4-8,11-13H2,1H3,(H,36,41)(H,38,40). The number of hydrogen-bond donors (Lipinski definition) is 2.